The fourth-order valence-electron chi connectivity index (χ4n) is 1.78. The molecule has 98 valence electrons. The van der Waals surface area contributed by atoms with E-state index in [0.717, 1.165) is 0 Å². The van der Waals surface area contributed by atoms with Crippen LogP contribution in [0.15, 0.2) is 0 Å². The molecule has 1 N–H and O–H groups in total. The van der Waals surface area contributed by atoms with Crippen molar-refractivity contribution >= 4 is 11.8 Å². The molecule has 1 fully saturated rings. The predicted molar refractivity (Wildman–Crippen MR) is 64.5 cm³/mol. The predicted octanol–water partition coefficient (Wildman–Crippen LogP) is 0.396. The van der Waals surface area contributed by atoms with Gasteiger partial charge < -0.3 is 15.0 Å². The van der Waals surface area contributed by atoms with Crippen molar-refractivity contribution in [2.45, 2.75) is 33.2 Å². The summed E-state index contributed by atoms with van der Waals surface area (Å²) in [6.45, 7) is 9.35. The fourth-order valence-corrected chi connectivity index (χ4v) is 1.78. The lowest BCUT2D eigenvalue weighted by Crippen LogP contribution is -2.64. The summed E-state index contributed by atoms with van der Waals surface area (Å²) in [5.41, 5.74) is -0.781. The summed E-state index contributed by atoms with van der Waals surface area (Å²) in [5.74, 6) is 0.312. The van der Waals surface area contributed by atoms with Crippen molar-refractivity contribution in [3.05, 3.63) is 0 Å². The summed E-state index contributed by atoms with van der Waals surface area (Å²) in [4.78, 5) is 25.0. The van der Waals surface area contributed by atoms with Gasteiger partial charge in [0, 0.05) is 13.2 Å². The van der Waals surface area contributed by atoms with Crippen LogP contribution in [-0.4, -0.2) is 48.6 Å². The van der Waals surface area contributed by atoms with Crippen LogP contribution in [0, 0.1) is 5.92 Å². The number of amides is 2. The number of nitrogens with one attached hydrogen (secondary N) is 1. The molecule has 0 aromatic carbocycles. The summed E-state index contributed by atoms with van der Waals surface area (Å²) in [6, 6.07) is 0. The Balaban J connectivity index is 2.49. The van der Waals surface area contributed by atoms with Crippen molar-refractivity contribution in [1.29, 1.82) is 0 Å². The van der Waals surface area contributed by atoms with Crippen LogP contribution >= 0.6 is 0 Å². The molecule has 0 bridgehead atoms. The van der Waals surface area contributed by atoms with Gasteiger partial charge in [-0.2, -0.15) is 0 Å². The summed E-state index contributed by atoms with van der Waals surface area (Å²) < 4.78 is 5.45. The molecule has 2 amide bonds. The summed E-state index contributed by atoms with van der Waals surface area (Å²) in [6.07, 6.45) is 0. The lowest BCUT2D eigenvalue weighted by atomic mass is 9.99. The highest BCUT2D eigenvalue weighted by Crippen LogP contribution is 2.17. The van der Waals surface area contributed by atoms with Gasteiger partial charge in [-0.15, -0.1) is 0 Å². The molecule has 0 atom stereocenters. The lowest BCUT2D eigenvalue weighted by Gasteiger charge is -2.40. The fraction of sp³-hybridized carbons (Fsp3) is 0.833. The van der Waals surface area contributed by atoms with E-state index in [4.69, 9.17) is 4.74 Å². The first-order valence-corrected chi connectivity index (χ1v) is 6.02. The van der Waals surface area contributed by atoms with Crippen LogP contribution in [0.4, 0.5) is 0 Å². The first kappa shape index (κ1) is 14.0. The number of hydrogen-bond acceptors (Lipinski definition) is 3. The highest BCUT2D eigenvalue weighted by atomic mass is 16.5. The van der Waals surface area contributed by atoms with E-state index in [1.165, 1.54) is 0 Å². The monoisotopic (exact) mass is 242 g/mol. The van der Waals surface area contributed by atoms with Gasteiger partial charge in [-0.3, -0.25) is 9.59 Å². The molecule has 0 unspecified atom stereocenters. The second-order valence-corrected chi connectivity index (χ2v) is 5.26. The maximum atomic E-state index is 11.7. The van der Waals surface area contributed by atoms with Gasteiger partial charge in [-0.1, -0.05) is 13.8 Å². The maximum Gasteiger partial charge on any atom is 0.245 e. The zero-order chi connectivity index (χ0) is 13.1. The van der Waals surface area contributed by atoms with E-state index in [1.54, 1.807) is 18.7 Å². The molecule has 1 rings (SSSR count). The van der Waals surface area contributed by atoms with Crippen molar-refractivity contribution in [2.24, 2.45) is 5.92 Å². The first-order valence-electron chi connectivity index (χ1n) is 6.02. The SMILES string of the molecule is CC(C)COCCN1C(=O)CNC(=O)C1(C)C. The van der Waals surface area contributed by atoms with Gasteiger partial charge in [0.2, 0.25) is 11.8 Å². The van der Waals surface area contributed by atoms with Crippen molar-refractivity contribution in [2.75, 3.05) is 26.3 Å². The zero-order valence-electron chi connectivity index (χ0n) is 11.1. The number of hydrogen-bond donors (Lipinski definition) is 1. The number of rotatable bonds is 5. The van der Waals surface area contributed by atoms with Crippen LogP contribution < -0.4 is 5.32 Å². The summed E-state index contributed by atoms with van der Waals surface area (Å²) >= 11 is 0. The number of ether oxygens (including phenoxy) is 1. The lowest BCUT2D eigenvalue weighted by molar-refractivity contribution is -0.152. The van der Waals surface area contributed by atoms with Crippen LogP contribution in [0.3, 0.4) is 0 Å². The Labute approximate surface area is 102 Å². The second kappa shape index (κ2) is 5.49. The molecule has 0 aromatic rings. The van der Waals surface area contributed by atoms with E-state index in [9.17, 15) is 9.59 Å². The number of carbonyl (C=O) groups is 2. The number of nitrogens with zero attached hydrogens (tertiary/aromatic N) is 1. The molecule has 1 heterocycles. The van der Waals surface area contributed by atoms with E-state index in [1.807, 2.05) is 0 Å². The molecule has 0 aliphatic carbocycles. The Morgan fingerprint density at radius 3 is 2.65 bits per heavy atom. The van der Waals surface area contributed by atoms with Crippen molar-refractivity contribution in [3.63, 3.8) is 0 Å². The minimum Gasteiger partial charge on any atom is -0.379 e. The van der Waals surface area contributed by atoms with Gasteiger partial charge in [-0.05, 0) is 19.8 Å². The molecular weight excluding hydrogens is 220 g/mol. The van der Waals surface area contributed by atoms with Gasteiger partial charge in [-0.25, -0.2) is 0 Å². The molecular formula is C12H22N2O3. The third-order valence-corrected chi connectivity index (χ3v) is 2.84. The van der Waals surface area contributed by atoms with Gasteiger partial charge in [0.1, 0.15) is 5.54 Å². The minimum absolute atomic E-state index is 0.0530. The second-order valence-electron chi connectivity index (χ2n) is 5.26. The van der Waals surface area contributed by atoms with E-state index < -0.39 is 5.54 Å². The van der Waals surface area contributed by atoms with Crippen LogP contribution in [-0.2, 0) is 14.3 Å². The van der Waals surface area contributed by atoms with Gasteiger partial charge in [0.25, 0.3) is 0 Å². The Morgan fingerprint density at radius 1 is 1.41 bits per heavy atom. The smallest absolute Gasteiger partial charge is 0.245 e. The zero-order valence-corrected chi connectivity index (χ0v) is 11.1. The van der Waals surface area contributed by atoms with E-state index in [-0.39, 0.29) is 18.4 Å². The molecule has 0 aromatic heterocycles. The normalized spacial score (nSPS) is 19.7. The molecule has 17 heavy (non-hydrogen) atoms. The largest absolute Gasteiger partial charge is 0.379 e. The average Bonchev–Trinajstić information content (AvgIpc) is 2.22. The minimum atomic E-state index is -0.781. The van der Waals surface area contributed by atoms with Crippen LogP contribution in [0.2, 0.25) is 0 Å². The standard InChI is InChI=1S/C12H22N2O3/c1-9(2)8-17-6-5-14-10(15)7-13-11(16)12(14,3)4/h9H,5-8H2,1-4H3,(H,13,16). The van der Waals surface area contributed by atoms with Crippen molar-refractivity contribution < 1.29 is 14.3 Å². The quantitative estimate of drug-likeness (QED) is 0.710. The van der Waals surface area contributed by atoms with Gasteiger partial charge in [0.15, 0.2) is 0 Å². The summed E-state index contributed by atoms with van der Waals surface area (Å²) in [7, 11) is 0. The van der Waals surface area contributed by atoms with Crippen LogP contribution in [0.5, 0.6) is 0 Å². The highest BCUT2D eigenvalue weighted by molar-refractivity contribution is 5.97. The molecule has 1 aliphatic heterocycles. The van der Waals surface area contributed by atoms with E-state index in [0.29, 0.717) is 25.7 Å². The van der Waals surface area contributed by atoms with Gasteiger partial charge in [0.05, 0.1) is 13.2 Å². The number of piperazine rings is 1. The highest BCUT2D eigenvalue weighted by Gasteiger charge is 2.41. The molecule has 1 saturated heterocycles. The molecule has 5 nitrogen and oxygen atoms in total. The Kier molecular flexibility index (Phi) is 4.51. The third-order valence-electron chi connectivity index (χ3n) is 2.84. The van der Waals surface area contributed by atoms with Crippen LogP contribution in [0.1, 0.15) is 27.7 Å². The average molecular weight is 242 g/mol. The molecule has 5 heteroatoms. The molecule has 1 aliphatic rings. The van der Waals surface area contributed by atoms with Crippen molar-refractivity contribution in [3.8, 4) is 0 Å². The summed E-state index contributed by atoms with van der Waals surface area (Å²) in [5, 5.41) is 2.59. The Bertz CT molecular complexity index is 300. The van der Waals surface area contributed by atoms with E-state index >= 15 is 0 Å². The molecule has 0 radical (unpaired) electrons. The Morgan fingerprint density at radius 2 is 2.06 bits per heavy atom. The van der Waals surface area contributed by atoms with Crippen molar-refractivity contribution in [1.82, 2.24) is 10.2 Å². The van der Waals surface area contributed by atoms with Crippen LogP contribution in [0.25, 0.3) is 0 Å². The third kappa shape index (κ3) is 3.43. The first-order chi connectivity index (χ1) is 7.85. The molecule has 0 spiro atoms. The maximum absolute atomic E-state index is 11.7. The number of carbonyl (C=O) groups excluding carboxylic acids is 2. The molecule has 0 saturated carbocycles. The van der Waals surface area contributed by atoms with Gasteiger partial charge >= 0.3 is 0 Å². The Hall–Kier alpha value is -1.10. The topological polar surface area (TPSA) is 58.6 Å². The van der Waals surface area contributed by atoms with E-state index in [2.05, 4.69) is 19.2 Å².